The maximum atomic E-state index is 12.3. The second kappa shape index (κ2) is 8.41. The molecule has 28 heavy (non-hydrogen) atoms. The first-order valence-electron chi connectivity index (χ1n) is 9.40. The Kier molecular flexibility index (Phi) is 5.96. The second-order valence-corrected chi connectivity index (χ2v) is 7.83. The van der Waals surface area contributed by atoms with Crippen molar-refractivity contribution in [2.45, 2.75) is 45.9 Å². The number of carbonyl (C=O) groups excluding carboxylic acids is 1. The van der Waals surface area contributed by atoms with E-state index in [2.05, 4.69) is 19.9 Å². The van der Waals surface area contributed by atoms with Crippen LogP contribution in [0.1, 0.15) is 33.3 Å². The molecule has 1 fully saturated rings. The first kappa shape index (κ1) is 19.9. The predicted octanol–water partition coefficient (Wildman–Crippen LogP) is 2.90. The van der Waals surface area contributed by atoms with Crippen LogP contribution in [0.5, 0.6) is 5.75 Å². The zero-order chi connectivity index (χ0) is 20.1. The Hall–Kier alpha value is -2.90. The van der Waals surface area contributed by atoms with Crippen LogP contribution in [0.3, 0.4) is 0 Å². The van der Waals surface area contributed by atoms with E-state index in [0.29, 0.717) is 37.9 Å². The van der Waals surface area contributed by atoms with Gasteiger partial charge in [0.1, 0.15) is 12.2 Å². The minimum atomic E-state index is -0.493. The van der Waals surface area contributed by atoms with Crippen molar-refractivity contribution in [2.75, 3.05) is 24.5 Å². The van der Waals surface area contributed by atoms with Crippen LogP contribution in [0.25, 0.3) is 0 Å². The lowest BCUT2D eigenvalue weighted by atomic mass is 10.2. The van der Waals surface area contributed by atoms with E-state index >= 15 is 0 Å². The summed E-state index contributed by atoms with van der Waals surface area (Å²) in [5.41, 5.74) is 0.540. The maximum absolute atomic E-state index is 12.3. The van der Waals surface area contributed by atoms with Crippen molar-refractivity contribution < 1.29 is 14.3 Å². The molecule has 2 aromatic rings. The average Bonchev–Trinajstić information content (AvgIpc) is 2.66. The van der Waals surface area contributed by atoms with Crippen molar-refractivity contribution in [1.29, 1.82) is 0 Å². The fraction of sp³-hybridized carbons (Fsp3) is 0.500. The van der Waals surface area contributed by atoms with Gasteiger partial charge < -0.3 is 19.3 Å². The number of hydrogen-bond donors (Lipinski definition) is 0. The highest BCUT2D eigenvalue weighted by atomic mass is 16.6. The Labute approximate surface area is 165 Å². The van der Waals surface area contributed by atoms with Crippen LogP contribution >= 0.6 is 0 Å². The molecule has 0 aromatic carbocycles. The van der Waals surface area contributed by atoms with E-state index < -0.39 is 5.60 Å². The monoisotopic (exact) mass is 385 g/mol. The fourth-order valence-electron chi connectivity index (χ4n) is 2.92. The summed E-state index contributed by atoms with van der Waals surface area (Å²) >= 11 is 0. The number of piperazine rings is 1. The quantitative estimate of drug-likeness (QED) is 0.800. The van der Waals surface area contributed by atoms with E-state index in [9.17, 15) is 4.79 Å². The number of anilines is 1. The molecule has 0 radical (unpaired) electrons. The first-order valence-corrected chi connectivity index (χ1v) is 9.40. The molecule has 8 nitrogen and oxygen atoms in total. The lowest BCUT2D eigenvalue weighted by molar-refractivity contribution is 0.0218. The van der Waals surface area contributed by atoms with Crippen molar-refractivity contribution in [2.24, 2.45) is 0 Å². The summed E-state index contributed by atoms with van der Waals surface area (Å²) in [6.45, 7) is 9.90. The van der Waals surface area contributed by atoms with Crippen LogP contribution < -0.4 is 9.64 Å². The summed E-state index contributed by atoms with van der Waals surface area (Å²) in [5, 5.41) is 0. The third-order valence-electron chi connectivity index (χ3n) is 4.31. The lowest BCUT2D eigenvalue weighted by Gasteiger charge is -2.40. The van der Waals surface area contributed by atoms with Crippen molar-refractivity contribution in [3.63, 3.8) is 0 Å². The van der Waals surface area contributed by atoms with Gasteiger partial charge in [-0.15, -0.1) is 0 Å². The third kappa shape index (κ3) is 5.31. The molecular formula is C20H27N5O3. The van der Waals surface area contributed by atoms with Crippen LogP contribution in [0, 0.1) is 0 Å². The van der Waals surface area contributed by atoms with Gasteiger partial charge in [0.05, 0.1) is 12.4 Å². The SMILES string of the molecule is CC1CN(C(=O)OC(C)(C)C)CCN1c1ncc(OCc2ccncc2)cn1. The van der Waals surface area contributed by atoms with E-state index in [1.54, 1.807) is 29.7 Å². The zero-order valence-electron chi connectivity index (χ0n) is 16.8. The van der Waals surface area contributed by atoms with E-state index in [-0.39, 0.29) is 12.1 Å². The topological polar surface area (TPSA) is 80.7 Å². The van der Waals surface area contributed by atoms with Crippen LogP contribution in [0.4, 0.5) is 10.7 Å². The predicted molar refractivity (Wildman–Crippen MR) is 105 cm³/mol. The Balaban J connectivity index is 1.55. The molecule has 0 bridgehead atoms. The molecule has 8 heteroatoms. The molecule has 1 aliphatic rings. The van der Waals surface area contributed by atoms with Gasteiger partial charge in [0.2, 0.25) is 5.95 Å². The number of amides is 1. The van der Waals surface area contributed by atoms with Crippen molar-refractivity contribution in [3.05, 3.63) is 42.5 Å². The zero-order valence-corrected chi connectivity index (χ0v) is 16.8. The molecule has 1 amide bonds. The lowest BCUT2D eigenvalue weighted by Crippen LogP contribution is -2.55. The molecule has 1 atom stereocenters. The summed E-state index contributed by atoms with van der Waals surface area (Å²) in [6.07, 6.45) is 6.54. The van der Waals surface area contributed by atoms with Gasteiger partial charge in [-0.2, -0.15) is 0 Å². The van der Waals surface area contributed by atoms with Crippen molar-refractivity contribution in [1.82, 2.24) is 19.9 Å². The molecule has 0 spiro atoms. The van der Waals surface area contributed by atoms with E-state index in [4.69, 9.17) is 9.47 Å². The molecule has 0 saturated carbocycles. The molecule has 150 valence electrons. The number of hydrogen-bond acceptors (Lipinski definition) is 7. The molecule has 0 N–H and O–H groups in total. The molecule has 2 aromatic heterocycles. The molecule has 1 unspecified atom stereocenters. The molecular weight excluding hydrogens is 358 g/mol. The first-order chi connectivity index (χ1) is 13.3. The Morgan fingerprint density at radius 1 is 1.18 bits per heavy atom. The van der Waals surface area contributed by atoms with Gasteiger partial charge in [0.25, 0.3) is 0 Å². The summed E-state index contributed by atoms with van der Waals surface area (Å²) in [7, 11) is 0. The smallest absolute Gasteiger partial charge is 0.410 e. The summed E-state index contributed by atoms with van der Waals surface area (Å²) in [4.78, 5) is 29.0. The van der Waals surface area contributed by atoms with Gasteiger partial charge in [-0.1, -0.05) is 0 Å². The fourth-order valence-corrected chi connectivity index (χ4v) is 2.92. The minimum absolute atomic E-state index is 0.0878. The van der Waals surface area contributed by atoms with Crippen LogP contribution in [-0.2, 0) is 11.3 Å². The number of nitrogens with zero attached hydrogens (tertiary/aromatic N) is 5. The number of pyridine rings is 1. The van der Waals surface area contributed by atoms with Crippen LogP contribution in [-0.4, -0.2) is 57.2 Å². The van der Waals surface area contributed by atoms with Gasteiger partial charge in [-0.3, -0.25) is 4.98 Å². The van der Waals surface area contributed by atoms with Crippen LogP contribution in [0.15, 0.2) is 36.9 Å². The minimum Gasteiger partial charge on any atom is -0.486 e. The number of ether oxygens (including phenoxy) is 2. The molecule has 1 aliphatic heterocycles. The standard InChI is InChI=1S/C20H27N5O3/c1-15-13-24(19(26)28-20(2,3)4)9-10-25(15)18-22-11-17(12-23-18)27-14-16-5-7-21-8-6-16/h5-8,11-12,15H,9-10,13-14H2,1-4H3. The van der Waals surface area contributed by atoms with Gasteiger partial charge in [0, 0.05) is 38.1 Å². The molecule has 1 saturated heterocycles. The van der Waals surface area contributed by atoms with Gasteiger partial charge >= 0.3 is 6.09 Å². The van der Waals surface area contributed by atoms with Crippen molar-refractivity contribution in [3.8, 4) is 5.75 Å². The van der Waals surface area contributed by atoms with Gasteiger partial charge in [0.15, 0.2) is 5.75 Å². The molecule has 3 heterocycles. The van der Waals surface area contributed by atoms with E-state index in [1.165, 1.54) is 0 Å². The second-order valence-electron chi connectivity index (χ2n) is 7.83. The summed E-state index contributed by atoms with van der Waals surface area (Å²) < 4.78 is 11.2. The highest BCUT2D eigenvalue weighted by Gasteiger charge is 2.30. The highest BCUT2D eigenvalue weighted by molar-refractivity contribution is 5.68. The highest BCUT2D eigenvalue weighted by Crippen LogP contribution is 2.20. The van der Waals surface area contributed by atoms with Crippen molar-refractivity contribution >= 4 is 12.0 Å². The Bertz CT molecular complexity index is 777. The van der Waals surface area contributed by atoms with Crippen LogP contribution in [0.2, 0.25) is 0 Å². The molecule has 3 rings (SSSR count). The Morgan fingerprint density at radius 2 is 1.86 bits per heavy atom. The summed E-state index contributed by atoms with van der Waals surface area (Å²) in [6, 6.07) is 3.90. The Morgan fingerprint density at radius 3 is 2.46 bits per heavy atom. The van der Waals surface area contributed by atoms with Gasteiger partial charge in [-0.05, 0) is 45.4 Å². The van der Waals surface area contributed by atoms with E-state index in [0.717, 1.165) is 5.56 Å². The summed E-state index contributed by atoms with van der Waals surface area (Å²) in [5.74, 6) is 1.24. The average molecular weight is 385 g/mol. The third-order valence-corrected chi connectivity index (χ3v) is 4.31. The normalized spacial score (nSPS) is 17.4. The number of aromatic nitrogens is 3. The number of carbonyl (C=O) groups is 1. The molecule has 0 aliphatic carbocycles. The maximum Gasteiger partial charge on any atom is 0.410 e. The number of rotatable bonds is 4. The largest absolute Gasteiger partial charge is 0.486 e. The van der Waals surface area contributed by atoms with E-state index in [1.807, 2.05) is 39.8 Å². The van der Waals surface area contributed by atoms with Gasteiger partial charge in [-0.25, -0.2) is 14.8 Å².